The van der Waals surface area contributed by atoms with E-state index in [1.807, 2.05) is 11.0 Å². The number of piperidine rings is 1. The molecule has 0 radical (unpaired) electrons. The number of benzene rings is 1. The molecule has 2 amide bonds. The standard InChI is InChI=1S/C21H28N2O3/c1-4-20(24)22-8-5-16-6-9-23(10-7-16)21(25)18-13-26-19-12-15(3)14(2)11-17(18)19/h4,11-12,16,18H,1,5-10,13H2,2-3H3,(H,22,24). The average molecular weight is 356 g/mol. The molecule has 1 saturated heterocycles. The highest BCUT2D eigenvalue weighted by Gasteiger charge is 2.35. The van der Waals surface area contributed by atoms with Crippen molar-refractivity contribution >= 4 is 11.8 Å². The van der Waals surface area contributed by atoms with E-state index in [1.54, 1.807) is 0 Å². The van der Waals surface area contributed by atoms with Crippen LogP contribution in [0, 0.1) is 19.8 Å². The highest BCUT2D eigenvalue weighted by atomic mass is 16.5. The van der Waals surface area contributed by atoms with Crippen molar-refractivity contribution in [2.45, 2.75) is 39.0 Å². The number of aryl methyl sites for hydroxylation is 2. The van der Waals surface area contributed by atoms with Gasteiger partial charge in [-0.05, 0) is 62.3 Å². The number of rotatable bonds is 5. The predicted molar refractivity (Wildman–Crippen MR) is 101 cm³/mol. The predicted octanol–water partition coefficient (Wildman–Crippen LogP) is 2.71. The first-order chi connectivity index (χ1) is 12.5. The average Bonchev–Trinajstić information content (AvgIpc) is 3.04. The Bertz CT molecular complexity index is 705. The molecule has 0 saturated carbocycles. The third kappa shape index (κ3) is 3.92. The van der Waals surface area contributed by atoms with E-state index in [0.717, 1.165) is 43.7 Å². The van der Waals surface area contributed by atoms with Crippen LogP contribution in [-0.2, 0) is 9.59 Å². The van der Waals surface area contributed by atoms with Crippen LogP contribution in [0.5, 0.6) is 5.75 Å². The molecule has 2 aliphatic rings. The van der Waals surface area contributed by atoms with Gasteiger partial charge in [0.25, 0.3) is 0 Å². The van der Waals surface area contributed by atoms with Crippen LogP contribution in [0.2, 0.25) is 0 Å². The van der Waals surface area contributed by atoms with Crippen LogP contribution in [-0.4, -0.2) is 43.0 Å². The molecular formula is C21H28N2O3. The van der Waals surface area contributed by atoms with Gasteiger partial charge in [0.2, 0.25) is 11.8 Å². The number of ether oxygens (including phenoxy) is 1. The zero-order valence-corrected chi connectivity index (χ0v) is 15.7. The normalized spacial score (nSPS) is 19.6. The summed E-state index contributed by atoms with van der Waals surface area (Å²) >= 11 is 0. The van der Waals surface area contributed by atoms with Gasteiger partial charge in [-0.3, -0.25) is 9.59 Å². The monoisotopic (exact) mass is 356 g/mol. The quantitative estimate of drug-likeness (QED) is 0.825. The molecule has 1 N–H and O–H groups in total. The molecule has 5 nitrogen and oxygen atoms in total. The third-order valence-corrected chi connectivity index (χ3v) is 5.67. The van der Waals surface area contributed by atoms with Crippen molar-refractivity contribution in [2.75, 3.05) is 26.2 Å². The van der Waals surface area contributed by atoms with Crippen LogP contribution in [0.3, 0.4) is 0 Å². The first-order valence-corrected chi connectivity index (χ1v) is 9.42. The molecule has 26 heavy (non-hydrogen) atoms. The van der Waals surface area contributed by atoms with Crippen molar-refractivity contribution in [3.8, 4) is 5.75 Å². The Morgan fingerprint density at radius 3 is 2.65 bits per heavy atom. The summed E-state index contributed by atoms with van der Waals surface area (Å²) in [4.78, 5) is 26.2. The summed E-state index contributed by atoms with van der Waals surface area (Å²) in [5.41, 5.74) is 3.43. The maximum atomic E-state index is 13.0. The smallest absolute Gasteiger partial charge is 0.243 e. The first kappa shape index (κ1) is 18.5. The minimum atomic E-state index is -0.173. The van der Waals surface area contributed by atoms with Gasteiger partial charge in [0, 0.05) is 25.2 Å². The van der Waals surface area contributed by atoms with E-state index in [2.05, 4.69) is 31.8 Å². The Balaban J connectivity index is 1.53. The fraction of sp³-hybridized carbons (Fsp3) is 0.524. The van der Waals surface area contributed by atoms with Gasteiger partial charge >= 0.3 is 0 Å². The van der Waals surface area contributed by atoms with Gasteiger partial charge in [-0.2, -0.15) is 0 Å². The number of likely N-dealkylation sites (tertiary alicyclic amines) is 1. The third-order valence-electron chi connectivity index (χ3n) is 5.67. The number of carbonyl (C=O) groups excluding carboxylic acids is 2. The van der Waals surface area contributed by atoms with Crippen molar-refractivity contribution in [3.05, 3.63) is 41.5 Å². The lowest BCUT2D eigenvalue weighted by Crippen LogP contribution is -2.42. The molecule has 0 aliphatic carbocycles. The molecule has 0 bridgehead atoms. The van der Waals surface area contributed by atoms with Gasteiger partial charge in [-0.15, -0.1) is 0 Å². The van der Waals surface area contributed by atoms with E-state index < -0.39 is 0 Å². The highest BCUT2D eigenvalue weighted by molar-refractivity contribution is 5.87. The summed E-state index contributed by atoms with van der Waals surface area (Å²) in [6.07, 6.45) is 4.23. The molecule has 1 unspecified atom stereocenters. The lowest BCUT2D eigenvalue weighted by molar-refractivity contribution is -0.134. The number of amides is 2. The molecular weight excluding hydrogens is 328 g/mol. The van der Waals surface area contributed by atoms with Crippen LogP contribution < -0.4 is 10.1 Å². The van der Waals surface area contributed by atoms with E-state index >= 15 is 0 Å². The summed E-state index contributed by atoms with van der Waals surface area (Å²) in [6.45, 7) is 10.3. The van der Waals surface area contributed by atoms with E-state index in [9.17, 15) is 9.59 Å². The fourth-order valence-corrected chi connectivity index (χ4v) is 3.81. The number of hydrogen-bond acceptors (Lipinski definition) is 3. The van der Waals surface area contributed by atoms with Crippen molar-refractivity contribution in [1.29, 1.82) is 0 Å². The Morgan fingerprint density at radius 2 is 1.96 bits per heavy atom. The lowest BCUT2D eigenvalue weighted by Gasteiger charge is -2.33. The molecule has 1 atom stereocenters. The molecule has 2 aliphatic heterocycles. The first-order valence-electron chi connectivity index (χ1n) is 9.42. The minimum Gasteiger partial charge on any atom is -0.492 e. The van der Waals surface area contributed by atoms with Gasteiger partial charge in [-0.1, -0.05) is 12.6 Å². The number of hydrogen-bond donors (Lipinski definition) is 1. The van der Waals surface area contributed by atoms with Crippen molar-refractivity contribution in [1.82, 2.24) is 10.2 Å². The van der Waals surface area contributed by atoms with Crippen LogP contribution in [0.4, 0.5) is 0 Å². The largest absolute Gasteiger partial charge is 0.492 e. The molecule has 1 aromatic rings. The fourth-order valence-electron chi connectivity index (χ4n) is 3.81. The van der Waals surface area contributed by atoms with Crippen LogP contribution in [0.15, 0.2) is 24.8 Å². The van der Waals surface area contributed by atoms with E-state index in [4.69, 9.17) is 4.74 Å². The molecule has 5 heteroatoms. The van der Waals surface area contributed by atoms with Crippen LogP contribution in [0.1, 0.15) is 41.9 Å². The Morgan fingerprint density at radius 1 is 1.27 bits per heavy atom. The lowest BCUT2D eigenvalue weighted by atomic mass is 9.91. The van der Waals surface area contributed by atoms with Gasteiger partial charge in [-0.25, -0.2) is 0 Å². The highest BCUT2D eigenvalue weighted by Crippen LogP contribution is 2.37. The zero-order valence-electron chi connectivity index (χ0n) is 15.7. The number of nitrogens with zero attached hydrogens (tertiary/aromatic N) is 1. The van der Waals surface area contributed by atoms with Crippen molar-refractivity contribution < 1.29 is 14.3 Å². The van der Waals surface area contributed by atoms with Gasteiger partial charge in [0.15, 0.2) is 0 Å². The Kier molecular flexibility index (Phi) is 5.64. The molecule has 2 heterocycles. The maximum absolute atomic E-state index is 13.0. The summed E-state index contributed by atoms with van der Waals surface area (Å²) in [5.74, 6) is 1.31. The number of carbonyl (C=O) groups is 2. The van der Waals surface area contributed by atoms with Gasteiger partial charge in [0.05, 0.1) is 0 Å². The number of fused-ring (bicyclic) bond motifs is 1. The van der Waals surface area contributed by atoms with Crippen LogP contribution >= 0.6 is 0 Å². The second kappa shape index (κ2) is 7.94. The summed E-state index contributed by atoms with van der Waals surface area (Å²) in [6, 6.07) is 4.15. The molecule has 140 valence electrons. The summed E-state index contributed by atoms with van der Waals surface area (Å²) < 4.78 is 5.77. The summed E-state index contributed by atoms with van der Waals surface area (Å²) in [5, 5.41) is 2.83. The molecule has 0 spiro atoms. The van der Waals surface area contributed by atoms with Gasteiger partial charge < -0.3 is 15.0 Å². The second-order valence-corrected chi connectivity index (χ2v) is 7.39. The van der Waals surface area contributed by atoms with Crippen molar-refractivity contribution in [2.24, 2.45) is 5.92 Å². The molecule has 1 fully saturated rings. The van der Waals surface area contributed by atoms with Crippen molar-refractivity contribution in [3.63, 3.8) is 0 Å². The zero-order chi connectivity index (χ0) is 18.7. The SMILES string of the molecule is C=CC(=O)NCCC1CCN(C(=O)C2COc3cc(C)c(C)cc32)CC1. The van der Waals surface area contributed by atoms with E-state index in [-0.39, 0.29) is 17.7 Å². The minimum absolute atomic E-state index is 0.122. The molecule has 0 aromatic heterocycles. The summed E-state index contributed by atoms with van der Waals surface area (Å²) in [7, 11) is 0. The molecule has 3 rings (SSSR count). The molecule has 1 aromatic carbocycles. The second-order valence-electron chi connectivity index (χ2n) is 7.39. The van der Waals surface area contributed by atoms with E-state index in [1.165, 1.54) is 17.2 Å². The number of nitrogens with one attached hydrogen (secondary N) is 1. The Hall–Kier alpha value is -2.30. The topological polar surface area (TPSA) is 58.6 Å². The Labute approximate surface area is 155 Å². The van der Waals surface area contributed by atoms with Crippen LogP contribution in [0.25, 0.3) is 0 Å². The van der Waals surface area contributed by atoms with Gasteiger partial charge in [0.1, 0.15) is 18.3 Å². The maximum Gasteiger partial charge on any atom is 0.243 e. The van der Waals surface area contributed by atoms with E-state index in [0.29, 0.717) is 19.1 Å².